The van der Waals surface area contributed by atoms with Gasteiger partial charge in [-0.1, -0.05) is 30.3 Å². The number of benzene rings is 1. The molecular weight excluding hydrogens is 232 g/mol. The highest BCUT2D eigenvalue weighted by Crippen LogP contribution is 2.14. The van der Waals surface area contributed by atoms with E-state index in [0.717, 1.165) is 13.1 Å². The molecule has 5 heteroatoms. The van der Waals surface area contributed by atoms with Crippen LogP contribution in [0.3, 0.4) is 0 Å². The molecule has 2 rings (SSSR count). The first-order valence-corrected chi connectivity index (χ1v) is 6.09. The molecule has 0 aliphatic carbocycles. The number of hydrogen-bond acceptors (Lipinski definition) is 3. The molecule has 3 N–H and O–H groups in total. The summed E-state index contributed by atoms with van der Waals surface area (Å²) in [6.07, 6.45) is -1.07. The van der Waals surface area contributed by atoms with Crippen molar-refractivity contribution in [2.24, 2.45) is 0 Å². The minimum absolute atomic E-state index is 0.352. The number of piperidine rings is 1. The van der Waals surface area contributed by atoms with Gasteiger partial charge in [0.1, 0.15) is 0 Å². The molecule has 1 amide bonds. The minimum Gasteiger partial charge on any atom is -0.465 e. The molecule has 0 spiro atoms. The van der Waals surface area contributed by atoms with Crippen molar-refractivity contribution in [3.63, 3.8) is 0 Å². The molecule has 0 bridgehead atoms. The first-order valence-electron chi connectivity index (χ1n) is 6.09. The van der Waals surface area contributed by atoms with E-state index in [2.05, 4.69) is 10.2 Å². The highest BCUT2D eigenvalue weighted by molar-refractivity contribution is 5.64. The van der Waals surface area contributed by atoms with Crippen LogP contribution in [-0.2, 0) is 6.54 Å². The fourth-order valence-electron chi connectivity index (χ4n) is 2.31. The zero-order chi connectivity index (χ0) is 13.0. The molecule has 1 aliphatic rings. The van der Waals surface area contributed by atoms with Crippen molar-refractivity contribution < 1.29 is 15.0 Å². The average molecular weight is 250 g/mol. The van der Waals surface area contributed by atoms with Gasteiger partial charge >= 0.3 is 6.09 Å². The van der Waals surface area contributed by atoms with E-state index in [0.29, 0.717) is 13.0 Å². The van der Waals surface area contributed by atoms with Crippen LogP contribution in [0.1, 0.15) is 12.0 Å². The van der Waals surface area contributed by atoms with Crippen LogP contribution in [0, 0.1) is 0 Å². The molecule has 0 radical (unpaired) electrons. The fraction of sp³-hybridized carbons (Fsp3) is 0.462. The Morgan fingerprint density at radius 2 is 2.11 bits per heavy atom. The maximum Gasteiger partial charge on any atom is 0.404 e. The minimum atomic E-state index is -1.07. The number of β-amino-alcohol motifs (C(OH)–C–C–N with tert-alkyl or cyclic N) is 1. The molecule has 1 heterocycles. The number of hydrogen-bond donors (Lipinski definition) is 3. The predicted molar refractivity (Wildman–Crippen MR) is 67.3 cm³/mol. The molecule has 2 atom stereocenters. The van der Waals surface area contributed by atoms with E-state index >= 15 is 0 Å². The summed E-state index contributed by atoms with van der Waals surface area (Å²) in [6.45, 7) is 2.08. The van der Waals surface area contributed by atoms with Gasteiger partial charge in [0.05, 0.1) is 12.1 Å². The number of amides is 1. The number of nitrogens with zero attached hydrogens (tertiary/aromatic N) is 1. The highest BCUT2D eigenvalue weighted by Gasteiger charge is 2.28. The Hall–Kier alpha value is -1.59. The van der Waals surface area contributed by atoms with E-state index in [-0.39, 0.29) is 6.04 Å². The standard InChI is InChI=1S/C13H18N2O3/c16-12-9-15(7-6-11(12)14-13(17)18)8-10-4-2-1-3-5-10/h1-5,11-12,14,16H,6-9H2,(H,17,18). The zero-order valence-corrected chi connectivity index (χ0v) is 10.1. The summed E-state index contributed by atoms with van der Waals surface area (Å²) < 4.78 is 0. The van der Waals surface area contributed by atoms with Crippen molar-refractivity contribution in [2.45, 2.75) is 25.1 Å². The lowest BCUT2D eigenvalue weighted by atomic mass is 10.0. The first kappa shape index (κ1) is 12.9. The first-order chi connectivity index (χ1) is 8.65. The summed E-state index contributed by atoms with van der Waals surface area (Å²) >= 11 is 0. The van der Waals surface area contributed by atoms with Crippen LogP contribution in [-0.4, -0.2) is 46.4 Å². The summed E-state index contributed by atoms with van der Waals surface area (Å²) in [7, 11) is 0. The fourth-order valence-corrected chi connectivity index (χ4v) is 2.31. The summed E-state index contributed by atoms with van der Waals surface area (Å²) in [5, 5.41) is 20.9. The van der Waals surface area contributed by atoms with Gasteiger partial charge in [-0.2, -0.15) is 0 Å². The molecule has 5 nitrogen and oxygen atoms in total. The number of carbonyl (C=O) groups is 1. The number of aliphatic hydroxyl groups is 1. The van der Waals surface area contributed by atoms with Crippen LogP contribution >= 0.6 is 0 Å². The van der Waals surface area contributed by atoms with Crippen molar-refractivity contribution in [1.82, 2.24) is 10.2 Å². The number of aliphatic hydroxyl groups excluding tert-OH is 1. The summed E-state index contributed by atoms with van der Waals surface area (Å²) in [4.78, 5) is 12.7. The van der Waals surface area contributed by atoms with Crippen molar-refractivity contribution >= 4 is 6.09 Å². The van der Waals surface area contributed by atoms with Crippen molar-refractivity contribution in [3.05, 3.63) is 35.9 Å². The van der Waals surface area contributed by atoms with Crippen molar-refractivity contribution in [3.8, 4) is 0 Å². The molecular formula is C13H18N2O3. The lowest BCUT2D eigenvalue weighted by Crippen LogP contribution is -2.53. The van der Waals surface area contributed by atoms with E-state index in [1.807, 2.05) is 30.3 Å². The molecule has 0 saturated carbocycles. The van der Waals surface area contributed by atoms with E-state index in [1.54, 1.807) is 0 Å². The van der Waals surface area contributed by atoms with Gasteiger partial charge in [-0.3, -0.25) is 4.90 Å². The molecule has 1 saturated heterocycles. The summed E-state index contributed by atoms with van der Waals surface area (Å²) in [5.41, 5.74) is 1.20. The third-order valence-corrected chi connectivity index (χ3v) is 3.22. The van der Waals surface area contributed by atoms with Crippen molar-refractivity contribution in [1.29, 1.82) is 0 Å². The molecule has 1 aliphatic heterocycles. The Labute approximate surface area is 106 Å². The van der Waals surface area contributed by atoms with Crippen LogP contribution in [0.2, 0.25) is 0 Å². The van der Waals surface area contributed by atoms with E-state index in [4.69, 9.17) is 5.11 Å². The normalized spacial score (nSPS) is 24.7. The Kier molecular flexibility index (Phi) is 4.17. The van der Waals surface area contributed by atoms with Gasteiger partial charge in [-0.15, -0.1) is 0 Å². The Balaban J connectivity index is 1.86. The Morgan fingerprint density at radius 1 is 1.39 bits per heavy atom. The van der Waals surface area contributed by atoms with Gasteiger partial charge in [-0.05, 0) is 12.0 Å². The second kappa shape index (κ2) is 5.84. The molecule has 1 aromatic rings. The molecule has 18 heavy (non-hydrogen) atoms. The maximum atomic E-state index is 10.5. The van der Waals surface area contributed by atoms with Crippen LogP contribution in [0.25, 0.3) is 0 Å². The van der Waals surface area contributed by atoms with Crippen LogP contribution in [0.15, 0.2) is 30.3 Å². The van der Waals surface area contributed by atoms with E-state index in [9.17, 15) is 9.90 Å². The molecule has 98 valence electrons. The number of nitrogens with one attached hydrogen (secondary N) is 1. The lowest BCUT2D eigenvalue weighted by molar-refractivity contribution is 0.0374. The van der Waals surface area contributed by atoms with Gasteiger partial charge in [0.25, 0.3) is 0 Å². The Bertz CT molecular complexity index is 396. The van der Waals surface area contributed by atoms with Crippen LogP contribution in [0.5, 0.6) is 0 Å². The topological polar surface area (TPSA) is 72.8 Å². The maximum absolute atomic E-state index is 10.5. The number of carboxylic acid groups (broad SMARTS) is 1. The van der Waals surface area contributed by atoms with Gasteiger partial charge in [0.2, 0.25) is 0 Å². The number of likely N-dealkylation sites (tertiary alicyclic amines) is 1. The average Bonchev–Trinajstić information content (AvgIpc) is 2.33. The predicted octanol–water partition coefficient (Wildman–Crippen LogP) is 0.889. The third kappa shape index (κ3) is 3.45. The van der Waals surface area contributed by atoms with Crippen molar-refractivity contribution in [2.75, 3.05) is 13.1 Å². The van der Waals surface area contributed by atoms with Gasteiger partial charge in [-0.25, -0.2) is 4.79 Å². The molecule has 1 aromatic carbocycles. The summed E-state index contributed by atoms with van der Waals surface area (Å²) in [5.74, 6) is 0. The second-order valence-corrected chi connectivity index (χ2v) is 4.63. The Morgan fingerprint density at radius 3 is 2.72 bits per heavy atom. The van der Waals surface area contributed by atoms with Gasteiger partial charge in [0.15, 0.2) is 0 Å². The molecule has 2 unspecified atom stereocenters. The van der Waals surface area contributed by atoms with Crippen LogP contribution in [0.4, 0.5) is 4.79 Å². The number of rotatable bonds is 3. The van der Waals surface area contributed by atoms with E-state index < -0.39 is 12.2 Å². The highest BCUT2D eigenvalue weighted by atomic mass is 16.4. The monoisotopic (exact) mass is 250 g/mol. The zero-order valence-electron chi connectivity index (χ0n) is 10.1. The largest absolute Gasteiger partial charge is 0.465 e. The molecule has 1 fully saturated rings. The van der Waals surface area contributed by atoms with E-state index in [1.165, 1.54) is 5.56 Å². The lowest BCUT2D eigenvalue weighted by Gasteiger charge is -2.35. The smallest absolute Gasteiger partial charge is 0.404 e. The third-order valence-electron chi connectivity index (χ3n) is 3.22. The second-order valence-electron chi connectivity index (χ2n) is 4.63. The van der Waals surface area contributed by atoms with Gasteiger partial charge in [0, 0.05) is 19.6 Å². The summed E-state index contributed by atoms with van der Waals surface area (Å²) in [6, 6.07) is 9.70. The van der Waals surface area contributed by atoms with Gasteiger partial charge < -0.3 is 15.5 Å². The quantitative estimate of drug-likeness (QED) is 0.745. The van der Waals surface area contributed by atoms with Crippen LogP contribution < -0.4 is 5.32 Å². The SMILES string of the molecule is O=C(O)NC1CCN(Cc2ccccc2)CC1O. The molecule has 0 aromatic heterocycles.